The van der Waals surface area contributed by atoms with Gasteiger partial charge in [-0.1, -0.05) is 102 Å². The molecule has 9 rings (SSSR count). The molecule has 6 heterocycles. The SMILES string of the molecule is CCCCCCCCCCCCCCCCOCCOP(=O)(O)O[C@H]1OC(C(C)=O)[C@@H](O)[C@H](OC(N)=O)C1O[C@@H]1OC(CO)[C@@H](O[C@@H]2OC(CO)[C@H](O)[C@H](O)C2NC(=O)Cn2cc(CNC(=O)c3ccc4c(c3)C(=O)OC43c4ccc(O)cc4Oc4cc(O)ccc43)nn2)[C@H](O)C1NC(C)=O. The van der Waals surface area contributed by atoms with Crippen LogP contribution in [0.3, 0.4) is 0 Å². The van der Waals surface area contributed by atoms with Crippen LogP contribution in [0.2, 0.25) is 0 Å². The predicted octanol–water partition coefficient (Wildman–Crippen LogP) is 2.23. The number of ketones is 1. The Morgan fingerprint density at radius 3 is 1.85 bits per heavy atom. The van der Waals surface area contributed by atoms with Gasteiger partial charge in [0.2, 0.25) is 11.8 Å². The first kappa shape index (κ1) is 77.8. The van der Waals surface area contributed by atoms with E-state index in [9.17, 15) is 79.1 Å². The van der Waals surface area contributed by atoms with Crippen LogP contribution in [0.25, 0.3) is 0 Å². The predicted molar refractivity (Wildman–Crippen MR) is 346 cm³/mol. The average Bonchev–Trinajstić information content (AvgIpc) is 1.60. The smallest absolute Gasteiger partial charge is 0.474 e. The lowest BCUT2D eigenvalue weighted by Gasteiger charge is -2.49. The number of nitrogens with one attached hydrogen (secondary N) is 3. The number of phosphoric acid groups is 1. The maximum absolute atomic E-state index is 13.8. The number of hydrogen-bond acceptors (Lipinski definition) is 28. The van der Waals surface area contributed by atoms with Crippen molar-refractivity contribution in [1.82, 2.24) is 30.9 Å². The summed E-state index contributed by atoms with van der Waals surface area (Å²) >= 11 is 0. The van der Waals surface area contributed by atoms with Crippen LogP contribution in [0.1, 0.15) is 154 Å². The molecule has 14 N–H and O–H groups in total. The van der Waals surface area contributed by atoms with Gasteiger partial charge < -0.3 is 110 Å². The number of benzene rings is 3. The fourth-order valence-electron chi connectivity index (χ4n) is 12.9. The van der Waals surface area contributed by atoms with Crippen LogP contribution < -0.4 is 26.4 Å². The van der Waals surface area contributed by atoms with Gasteiger partial charge in [0.15, 0.2) is 42.5 Å². The van der Waals surface area contributed by atoms with Gasteiger partial charge in [-0.25, -0.2) is 18.8 Å². The van der Waals surface area contributed by atoms with E-state index in [-0.39, 0.29) is 53.0 Å². The van der Waals surface area contributed by atoms with Gasteiger partial charge in [-0.05, 0) is 49.7 Å². The van der Waals surface area contributed by atoms with Crippen LogP contribution in [0.4, 0.5) is 4.79 Å². The topological polar surface area (TPSA) is 496 Å². The van der Waals surface area contributed by atoms with Crippen LogP contribution in [-0.2, 0) is 84.6 Å². The van der Waals surface area contributed by atoms with Gasteiger partial charge in [-0.2, -0.15) is 0 Å². The number of amides is 4. The third-order valence-electron chi connectivity index (χ3n) is 17.9. The Kier molecular flexibility index (Phi) is 27.5. The van der Waals surface area contributed by atoms with Crippen molar-refractivity contribution < 1.29 is 131 Å². The average molecular weight is 1440 g/mol. The highest BCUT2D eigenvalue weighted by Crippen LogP contribution is 2.57. The molecule has 0 aliphatic carbocycles. The van der Waals surface area contributed by atoms with Crippen molar-refractivity contribution in [2.24, 2.45) is 5.73 Å². The molecule has 5 aliphatic heterocycles. The summed E-state index contributed by atoms with van der Waals surface area (Å²) < 4.78 is 77.8. The largest absolute Gasteiger partial charge is 0.508 e. The zero-order valence-electron chi connectivity index (χ0n) is 56.0. The minimum atomic E-state index is -5.28. The van der Waals surface area contributed by atoms with E-state index in [2.05, 4.69) is 33.2 Å². The number of unbranched alkanes of at least 4 members (excludes halogenated alkanes) is 13. The van der Waals surface area contributed by atoms with Crippen LogP contribution in [-0.4, -0.2) is 221 Å². The second-order valence-corrected chi connectivity index (χ2v) is 26.8. The number of carbonyl (C=O) groups is 6. The molecule has 101 heavy (non-hydrogen) atoms. The monoisotopic (exact) mass is 1440 g/mol. The molecule has 3 saturated heterocycles. The maximum atomic E-state index is 13.8. The number of esters is 1. The van der Waals surface area contributed by atoms with Crippen molar-refractivity contribution in [2.75, 3.05) is 33.0 Å². The number of aliphatic hydroxyl groups excluding tert-OH is 6. The number of aliphatic hydroxyl groups is 6. The standard InChI is InChI=1S/C66H90N7O27P/c1-4-5-6-7-8-9-10-11-12-13-14-15-16-17-24-90-25-26-91-101(88,89)100-64-59(58(98-65(67)87)55(84)56(95-64)35(2)76)97-63-51(69-36(3)77)54(83)57(48(34-75)94-63)96-62-50(53(82)52(81)47(33-74)93-62)70-49(80)32-73-31-38(71-72-73)30-68-60(85)37-18-21-42-41(27-37)61(86)99-66(42)43-22-19-39(78)28-45(43)92-46-29-40(79)20-23-44(46)66/h18-23,27-29,31,47-48,50-59,62-64,74-75,78-79,81-84H,4-17,24-26,30,32-34H2,1-3H3,(H2,67,87)(H,68,85)(H,69,77)(H,70,80)(H,88,89)/t47?,48?,50?,51?,52-,53+,54+,55+,56?,57+,58-,59?,62-,63-,64+/m0/s1. The quantitative estimate of drug-likeness (QED) is 0.0176. The number of nitrogens with two attached hydrogens (primary N) is 1. The van der Waals surface area contributed by atoms with E-state index in [0.29, 0.717) is 23.3 Å². The Balaban J connectivity index is 0.814. The van der Waals surface area contributed by atoms with Crippen LogP contribution in [0.5, 0.6) is 23.0 Å². The Labute approximate surface area is 580 Å². The summed E-state index contributed by atoms with van der Waals surface area (Å²) in [6.45, 7) is 0.925. The van der Waals surface area contributed by atoms with Gasteiger partial charge in [-0.15, -0.1) is 5.10 Å². The van der Waals surface area contributed by atoms with Gasteiger partial charge >= 0.3 is 19.9 Å². The summed E-state index contributed by atoms with van der Waals surface area (Å²) in [7, 11) is -5.28. The van der Waals surface area contributed by atoms with Crippen LogP contribution in [0, 0.1) is 0 Å². The third kappa shape index (κ3) is 19.3. The Bertz CT molecular complexity index is 3500. The molecule has 4 amide bonds. The van der Waals surface area contributed by atoms with Crippen molar-refractivity contribution in [3.8, 4) is 23.0 Å². The highest BCUT2D eigenvalue weighted by atomic mass is 31.2. The number of rotatable bonds is 36. The lowest BCUT2D eigenvalue weighted by Crippen LogP contribution is -2.70. The Hall–Kier alpha value is -7.35. The summed E-state index contributed by atoms with van der Waals surface area (Å²) in [5.41, 5.74) is 5.12. The van der Waals surface area contributed by atoms with E-state index in [0.717, 1.165) is 50.6 Å². The molecule has 3 fully saturated rings. The summed E-state index contributed by atoms with van der Waals surface area (Å²) in [5, 5.41) is 103. The minimum Gasteiger partial charge on any atom is -0.508 e. The zero-order chi connectivity index (χ0) is 72.7. The minimum absolute atomic E-state index is 0.0372. The molecule has 0 radical (unpaired) electrons. The number of ether oxygens (including phenoxy) is 9. The fraction of sp³-hybridized carbons (Fsp3) is 0.606. The molecular formula is C66H90N7O27P. The first-order chi connectivity index (χ1) is 48.4. The van der Waals surface area contributed by atoms with Gasteiger partial charge in [0.1, 0.15) is 96.2 Å². The fourth-order valence-corrected chi connectivity index (χ4v) is 13.7. The number of aromatic hydroxyl groups is 2. The van der Waals surface area contributed by atoms with Crippen molar-refractivity contribution in [1.29, 1.82) is 0 Å². The number of carbonyl (C=O) groups excluding carboxylic acids is 6. The first-order valence-electron chi connectivity index (χ1n) is 33.7. The molecule has 556 valence electrons. The molecule has 1 spiro atoms. The first-order valence-corrected chi connectivity index (χ1v) is 35.2. The zero-order valence-corrected chi connectivity index (χ0v) is 56.9. The van der Waals surface area contributed by atoms with E-state index >= 15 is 0 Å². The lowest BCUT2D eigenvalue weighted by atomic mass is 9.77. The highest BCUT2D eigenvalue weighted by molar-refractivity contribution is 7.47. The number of aromatic nitrogens is 3. The number of primary amides is 1. The number of hydrogen-bond donors (Lipinski definition) is 13. The Morgan fingerprint density at radius 2 is 1.26 bits per heavy atom. The van der Waals surface area contributed by atoms with Gasteiger partial charge in [0.05, 0.1) is 44.7 Å². The van der Waals surface area contributed by atoms with Crippen LogP contribution in [0.15, 0.2) is 60.8 Å². The molecule has 16 atom stereocenters. The third-order valence-corrected chi connectivity index (χ3v) is 18.9. The summed E-state index contributed by atoms with van der Waals surface area (Å²) in [6.07, 6.45) is -9.89. The number of phenolic OH excluding ortho intramolecular Hbond substituents is 2. The van der Waals surface area contributed by atoms with Crippen molar-refractivity contribution in [3.63, 3.8) is 0 Å². The number of Topliss-reactive ketones (excluding diaryl/α,β-unsaturated/α-hetero) is 1. The molecule has 34 nitrogen and oxygen atoms in total. The second kappa shape index (κ2) is 35.7. The molecule has 4 aromatic rings. The van der Waals surface area contributed by atoms with Crippen molar-refractivity contribution >= 4 is 43.4 Å². The molecule has 1 aromatic heterocycles. The van der Waals surface area contributed by atoms with E-state index in [1.165, 1.54) is 119 Å². The number of nitrogens with zero attached hydrogens (tertiary/aromatic N) is 3. The number of fused-ring (bicyclic) bond motifs is 6. The van der Waals surface area contributed by atoms with E-state index in [1.807, 2.05) is 0 Å². The Morgan fingerprint density at radius 1 is 0.673 bits per heavy atom. The number of phosphoric ester groups is 1. The molecule has 3 aromatic carbocycles. The van der Waals surface area contributed by atoms with Gasteiger partial charge in [0.25, 0.3) is 5.91 Å². The molecule has 35 heteroatoms. The second-order valence-electron chi connectivity index (χ2n) is 25.4. The van der Waals surface area contributed by atoms with E-state index in [1.54, 1.807) is 0 Å². The molecule has 5 aliphatic rings. The lowest BCUT2D eigenvalue weighted by molar-refractivity contribution is -0.357. The molecule has 0 bridgehead atoms. The van der Waals surface area contributed by atoms with Crippen molar-refractivity contribution in [2.45, 2.75) is 221 Å². The molecule has 0 saturated carbocycles. The van der Waals surface area contributed by atoms with E-state index < -0.39 is 167 Å². The van der Waals surface area contributed by atoms with Gasteiger partial charge in [-0.3, -0.25) is 28.2 Å². The van der Waals surface area contributed by atoms with Gasteiger partial charge in [0, 0.05) is 47.9 Å². The number of phenols is 2. The maximum Gasteiger partial charge on any atom is 0.474 e. The molecular weight excluding hydrogens is 1350 g/mol. The molecule has 7 unspecified atom stereocenters. The summed E-state index contributed by atoms with van der Waals surface area (Å²) in [6, 6.07) is 9.24. The summed E-state index contributed by atoms with van der Waals surface area (Å²) in [5.74, 6) is -4.10. The van der Waals surface area contributed by atoms with E-state index in [4.69, 9.17) is 57.4 Å². The highest BCUT2D eigenvalue weighted by Gasteiger charge is 2.58. The normalized spacial score (nSPS) is 27.0. The van der Waals surface area contributed by atoms with Crippen LogP contribution >= 0.6 is 7.82 Å². The van der Waals surface area contributed by atoms with Crippen molar-refractivity contribution in [3.05, 3.63) is 94.3 Å². The summed E-state index contributed by atoms with van der Waals surface area (Å²) in [4.78, 5) is 90.3.